The number of ketones is 1. The number of piperidine rings is 1. The van der Waals surface area contributed by atoms with Crippen molar-refractivity contribution < 1.29 is 9.59 Å². The maximum absolute atomic E-state index is 13.0. The third-order valence-electron chi connectivity index (χ3n) is 5.54. The van der Waals surface area contributed by atoms with E-state index in [0.29, 0.717) is 18.6 Å². The third-order valence-corrected chi connectivity index (χ3v) is 5.54. The molecule has 0 N–H and O–H groups in total. The summed E-state index contributed by atoms with van der Waals surface area (Å²) in [5.41, 5.74) is 1.61. The van der Waals surface area contributed by atoms with E-state index in [2.05, 4.69) is 11.0 Å². The largest absolute Gasteiger partial charge is 0.314 e. The van der Waals surface area contributed by atoms with E-state index in [1.807, 2.05) is 32.3 Å². The van der Waals surface area contributed by atoms with Crippen LogP contribution in [0.15, 0.2) is 24.3 Å². The Kier molecular flexibility index (Phi) is 2.24. The van der Waals surface area contributed by atoms with Crippen molar-refractivity contribution in [2.24, 2.45) is 0 Å². The van der Waals surface area contributed by atoms with Gasteiger partial charge in [0.25, 0.3) is 0 Å². The first-order valence-corrected chi connectivity index (χ1v) is 7.19. The number of hydrogen-bond acceptors (Lipinski definition) is 3. The Morgan fingerprint density at radius 1 is 1.20 bits per heavy atom. The number of hydrogen-bond donors (Lipinski definition) is 0. The molecule has 1 amide bonds. The lowest BCUT2D eigenvalue weighted by atomic mass is 9.74. The lowest BCUT2D eigenvalue weighted by Crippen LogP contribution is -2.50. The molecule has 20 heavy (non-hydrogen) atoms. The van der Waals surface area contributed by atoms with Crippen LogP contribution in [0.4, 0.5) is 5.69 Å². The topological polar surface area (TPSA) is 40.6 Å². The molecule has 3 aliphatic heterocycles. The average molecular weight is 270 g/mol. The van der Waals surface area contributed by atoms with Crippen LogP contribution in [0.25, 0.3) is 0 Å². The molecule has 4 rings (SSSR count). The smallest absolute Gasteiger partial charge is 0.239 e. The average Bonchev–Trinajstić information content (AvgIpc) is 2.78. The highest BCUT2D eigenvalue weighted by atomic mass is 16.2. The van der Waals surface area contributed by atoms with Crippen molar-refractivity contribution in [2.75, 3.05) is 19.0 Å². The van der Waals surface area contributed by atoms with Gasteiger partial charge in [-0.3, -0.25) is 14.5 Å². The van der Waals surface area contributed by atoms with Crippen molar-refractivity contribution in [1.29, 1.82) is 0 Å². The molecule has 2 bridgehead atoms. The molecule has 0 radical (unpaired) electrons. The van der Waals surface area contributed by atoms with Gasteiger partial charge < -0.3 is 4.90 Å². The Balaban J connectivity index is 1.94. The zero-order chi connectivity index (χ0) is 14.1. The maximum atomic E-state index is 13.0. The van der Waals surface area contributed by atoms with Gasteiger partial charge in [0.15, 0.2) is 0 Å². The minimum atomic E-state index is -0.503. The van der Waals surface area contributed by atoms with Gasteiger partial charge in [0.2, 0.25) is 5.91 Å². The Morgan fingerprint density at radius 3 is 2.70 bits per heavy atom. The standard InChI is InChI=1S/C16H18N2O2/c1-17-12-9-16(14(17)8-7-13(12)19)10-5-3-4-6-11(10)18(2)15(16)20/h3-6,12,14H,7-9H2,1-2H3/t12-,14-,16+/m1/s1. The zero-order valence-corrected chi connectivity index (χ0v) is 11.8. The number of likely N-dealkylation sites (N-methyl/N-ethyl adjacent to an activating group) is 2. The van der Waals surface area contributed by atoms with E-state index in [9.17, 15) is 9.59 Å². The fourth-order valence-corrected chi connectivity index (χ4v) is 4.57. The molecule has 0 saturated carbocycles. The zero-order valence-electron chi connectivity index (χ0n) is 11.8. The summed E-state index contributed by atoms with van der Waals surface area (Å²) >= 11 is 0. The van der Waals surface area contributed by atoms with E-state index >= 15 is 0 Å². The number of amides is 1. The van der Waals surface area contributed by atoms with Gasteiger partial charge in [0.05, 0.1) is 11.5 Å². The van der Waals surface area contributed by atoms with E-state index in [1.165, 1.54) is 0 Å². The first-order chi connectivity index (χ1) is 9.57. The summed E-state index contributed by atoms with van der Waals surface area (Å²) in [5, 5.41) is 0. The minimum absolute atomic E-state index is 0.0859. The molecule has 2 saturated heterocycles. The molecule has 1 aromatic carbocycles. The number of carbonyl (C=O) groups is 2. The van der Waals surface area contributed by atoms with Crippen molar-refractivity contribution in [2.45, 2.75) is 36.8 Å². The van der Waals surface area contributed by atoms with Gasteiger partial charge in [-0.25, -0.2) is 0 Å². The molecule has 0 aliphatic carbocycles. The maximum Gasteiger partial charge on any atom is 0.239 e. The number of benzene rings is 1. The van der Waals surface area contributed by atoms with Crippen molar-refractivity contribution in [3.8, 4) is 0 Å². The van der Waals surface area contributed by atoms with Crippen LogP contribution in [0.1, 0.15) is 24.8 Å². The van der Waals surface area contributed by atoms with Crippen LogP contribution < -0.4 is 4.90 Å². The van der Waals surface area contributed by atoms with Crippen LogP contribution in [0, 0.1) is 0 Å². The Morgan fingerprint density at radius 2 is 1.95 bits per heavy atom. The summed E-state index contributed by atoms with van der Waals surface area (Å²) in [7, 11) is 3.84. The first-order valence-electron chi connectivity index (χ1n) is 7.19. The number of carbonyl (C=O) groups excluding carboxylic acids is 2. The quantitative estimate of drug-likeness (QED) is 0.714. The van der Waals surface area contributed by atoms with Crippen molar-refractivity contribution in [1.82, 2.24) is 4.90 Å². The second-order valence-electron chi connectivity index (χ2n) is 6.26. The summed E-state index contributed by atoms with van der Waals surface area (Å²) in [4.78, 5) is 29.0. The second kappa shape index (κ2) is 3.70. The van der Waals surface area contributed by atoms with E-state index < -0.39 is 5.41 Å². The van der Waals surface area contributed by atoms with Crippen molar-refractivity contribution in [3.63, 3.8) is 0 Å². The molecular weight excluding hydrogens is 252 g/mol. The predicted molar refractivity (Wildman–Crippen MR) is 75.7 cm³/mol. The lowest BCUT2D eigenvalue weighted by molar-refractivity contribution is -0.127. The summed E-state index contributed by atoms with van der Waals surface area (Å²) in [6, 6.07) is 8.11. The lowest BCUT2D eigenvalue weighted by Gasteiger charge is -2.35. The Bertz CT molecular complexity index is 627. The number of Topliss-reactive ketones (excluding diaryl/α,β-unsaturated/α-hetero) is 1. The van der Waals surface area contributed by atoms with Crippen LogP contribution in [0.2, 0.25) is 0 Å². The number of nitrogens with zero attached hydrogens (tertiary/aromatic N) is 2. The molecule has 1 aromatic rings. The SMILES string of the molecule is CN1C(=O)[C@@]2(C[C@@H]3C(=O)CC[C@H]2N3C)c2ccccc21. The van der Waals surface area contributed by atoms with Gasteiger partial charge in [-0.2, -0.15) is 0 Å². The normalized spacial score (nSPS) is 36.0. The van der Waals surface area contributed by atoms with Crippen LogP contribution in [-0.4, -0.2) is 42.8 Å². The highest BCUT2D eigenvalue weighted by molar-refractivity contribution is 6.09. The number of anilines is 1. The molecule has 1 spiro atoms. The fraction of sp³-hybridized carbons (Fsp3) is 0.500. The molecule has 0 aromatic heterocycles. The van der Waals surface area contributed by atoms with E-state index in [4.69, 9.17) is 0 Å². The highest BCUT2D eigenvalue weighted by Crippen LogP contribution is 2.54. The molecule has 2 fully saturated rings. The summed E-state index contributed by atoms with van der Waals surface area (Å²) in [5.74, 6) is 0.452. The molecule has 3 atom stereocenters. The van der Waals surface area contributed by atoms with Crippen molar-refractivity contribution in [3.05, 3.63) is 29.8 Å². The first kappa shape index (κ1) is 12.1. The monoisotopic (exact) mass is 270 g/mol. The second-order valence-corrected chi connectivity index (χ2v) is 6.26. The van der Waals surface area contributed by atoms with Gasteiger partial charge in [-0.15, -0.1) is 0 Å². The fourth-order valence-electron chi connectivity index (χ4n) is 4.57. The van der Waals surface area contributed by atoms with Crippen LogP contribution in [-0.2, 0) is 15.0 Å². The van der Waals surface area contributed by atoms with E-state index in [0.717, 1.165) is 17.7 Å². The van der Waals surface area contributed by atoms with Crippen LogP contribution >= 0.6 is 0 Å². The van der Waals surface area contributed by atoms with Gasteiger partial charge in [-0.05, 0) is 31.5 Å². The number of para-hydroxylation sites is 1. The summed E-state index contributed by atoms with van der Waals surface area (Å²) in [6.45, 7) is 0. The Labute approximate surface area is 118 Å². The van der Waals surface area contributed by atoms with Gasteiger partial charge >= 0.3 is 0 Å². The number of fused-ring (bicyclic) bond motifs is 5. The number of rotatable bonds is 0. The van der Waals surface area contributed by atoms with Crippen LogP contribution in [0.5, 0.6) is 0 Å². The molecule has 3 heterocycles. The highest BCUT2D eigenvalue weighted by Gasteiger charge is 2.63. The van der Waals surface area contributed by atoms with Crippen molar-refractivity contribution >= 4 is 17.4 Å². The van der Waals surface area contributed by atoms with Gasteiger partial charge in [0, 0.05) is 25.2 Å². The summed E-state index contributed by atoms with van der Waals surface area (Å²) < 4.78 is 0. The molecule has 4 heteroatoms. The predicted octanol–water partition coefficient (Wildman–Crippen LogP) is 1.34. The minimum Gasteiger partial charge on any atom is -0.314 e. The third kappa shape index (κ3) is 1.17. The molecule has 4 nitrogen and oxygen atoms in total. The summed E-state index contributed by atoms with van der Waals surface area (Å²) in [6.07, 6.45) is 2.05. The van der Waals surface area contributed by atoms with E-state index in [1.54, 1.807) is 4.90 Å². The molecule has 104 valence electrons. The molecular formula is C16H18N2O2. The van der Waals surface area contributed by atoms with Gasteiger partial charge in [0.1, 0.15) is 5.78 Å². The molecule has 3 aliphatic rings. The molecule has 0 unspecified atom stereocenters. The van der Waals surface area contributed by atoms with Gasteiger partial charge in [-0.1, -0.05) is 18.2 Å². The van der Waals surface area contributed by atoms with E-state index in [-0.39, 0.29) is 18.0 Å². The van der Waals surface area contributed by atoms with Crippen LogP contribution in [0.3, 0.4) is 0 Å². The Hall–Kier alpha value is -1.68.